The van der Waals surface area contributed by atoms with Crippen molar-refractivity contribution in [1.82, 2.24) is 14.9 Å². The molecule has 0 aliphatic carbocycles. The maximum absolute atomic E-state index is 14.7. The van der Waals surface area contributed by atoms with E-state index in [-0.39, 0.29) is 17.5 Å². The minimum absolute atomic E-state index is 0.0200. The summed E-state index contributed by atoms with van der Waals surface area (Å²) < 4.78 is 60.3. The van der Waals surface area contributed by atoms with Crippen LogP contribution in [0.3, 0.4) is 0 Å². The highest BCUT2D eigenvalue weighted by Gasteiger charge is 2.35. The van der Waals surface area contributed by atoms with E-state index in [2.05, 4.69) is 15.3 Å². The summed E-state index contributed by atoms with van der Waals surface area (Å²) in [5, 5.41) is 3.64. The van der Waals surface area contributed by atoms with Crippen LogP contribution in [0.4, 0.5) is 23.4 Å². The standard InChI is InChI=1S/C25H26F4N4O2/c1-13-10-20-18(11-21(13)35-12-16-8-9-22(34)33(16)4)24(32-15(3)31-20)30-14(2)17-6-5-7-19(23(17)26)25(27,28)29/h5-7,10-11,14,16H,8-9,12H2,1-4H3,(H,30,31,32)/t14-,16+/m1/s1. The number of amides is 1. The maximum atomic E-state index is 14.7. The Balaban J connectivity index is 1.65. The van der Waals surface area contributed by atoms with Crippen molar-refractivity contribution in [2.75, 3.05) is 19.0 Å². The molecule has 3 aromatic rings. The number of hydrogen-bond donors (Lipinski definition) is 1. The molecule has 1 aliphatic rings. The molecule has 0 spiro atoms. The molecule has 0 bridgehead atoms. The first-order chi connectivity index (χ1) is 16.5. The minimum Gasteiger partial charge on any atom is -0.491 e. The summed E-state index contributed by atoms with van der Waals surface area (Å²) in [5.41, 5.74) is 0.0241. The molecular weight excluding hydrogens is 464 g/mol. The van der Waals surface area contributed by atoms with Crippen LogP contribution in [0.25, 0.3) is 10.9 Å². The SMILES string of the molecule is Cc1nc(N[C@H](C)c2cccc(C(F)(F)F)c2F)c2cc(OC[C@@H]3CCC(=O)N3C)c(C)cc2n1. The molecule has 2 heterocycles. The number of likely N-dealkylation sites (tertiary alicyclic amines) is 1. The van der Waals surface area contributed by atoms with E-state index in [0.717, 1.165) is 18.1 Å². The minimum atomic E-state index is -4.79. The van der Waals surface area contributed by atoms with Gasteiger partial charge in [0, 0.05) is 24.4 Å². The third-order valence-electron chi connectivity index (χ3n) is 6.32. The second-order valence-electron chi connectivity index (χ2n) is 8.83. The van der Waals surface area contributed by atoms with Gasteiger partial charge in [-0.2, -0.15) is 13.2 Å². The summed E-state index contributed by atoms with van der Waals surface area (Å²) in [4.78, 5) is 22.4. The number of carbonyl (C=O) groups excluding carboxylic acids is 1. The number of aromatic nitrogens is 2. The molecule has 1 amide bonds. The number of halogens is 4. The van der Waals surface area contributed by atoms with Crippen molar-refractivity contribution in [3.63, 3.8) is 0 Å². The predicted molar refractivity (Wildman–Crippen MR) is 124 cm³/mol. The number of ether oxygens (including phenoxy) is 1. The van der Waals surface area contributed by atoms with Gasteiger partial charge in [0.1, 0.15) is 29.8 Å². The molecule has 2 aromatic carbocycles. The van der Waals surface area contributed by atoms with Crippen molar-refractivity contribution in [2.45, 2.75) is 51.9 Å². The third-order valence-corrected chi connectivity index (χ3v) is 6.32. The Hall–Kier alpha value is -3.43. The van der Waals surface area contributed by atoms with E-state index >= 15 is 0 Å². The van der Waals surface area contributed by atoms with E-state index in [9.17, 15) is 22.4 Å². The van der Waals surface area contributed by atoms with Crippen molar-refractivity contribution in [2.24, 2.45) is 0 Å². The molecule has 10 heteroatoms. The van der Waals surface area contributed by atoms with Gasteiger partial charge in [0.15, 0.2) is 0 Å². The van der Waals surface area contributed by atoms with Crippen molar-refractivity contribution in [1.29, 1.82) is 0 Å². The lowest BCUT2D eigenvalue weighted by atomic mass is 10.0. The smallest absolute Gasteiger partial charge is 0.419 e. The lowest BCUT2D eigenvalue weighted by molar-refractivity contribution is -0.140. The van der Waals surface area contributed by atoms with Crippen molar-refractivity contribution < 1.29 is 27.1 Å². The van der Waals surface area contributed by atoms with Gasteiger partial charge < -0.3 is 15.0 Å². The molecule has 1 N–H and O–H groups in total. The fourth-order valence-electron chi connectivity index (χ4n) is 4.27. The van der Waals surface area contributed by atoms with Crippen LogP contribution in [-0.4, -0.2) is 40.5 Å². The molecule has 2 atom stereocenters. The normalized spacial score (nSPS) is 17.2. The molecule has 0 radical (unpaired) electrons. The Bertz CT molecular complexity index is 1280. The Kier molecular flexibility index (Phi) is 6.57. The molecule has 35 heavy (non-hydrogen) atoms. The van der Waals surface area contributed by atoms with E-state index in [0.29, 0.717) is 41.3 Å². The van der Waals surface area contributed by atoms with Gasteiger partial charge in [0.25, 0.3) is 0 Å². The zero-order chi connectivity index (χ0) is 25.5. The first-order valence-electron chi connectivity index (χ1n) is 11.2. The van der Waals surface area contributed by atoms with Gasteiger partial charge in [-0.1, -0.05) is 12.1 Å². The molecule has 1 saturated heterocycles. The monoisotopic (exact) mass is 490 g/mol. The van der Waals surface area contributed by atoms with Crippen molar-refractivity contribution >= 4 is 22.6 Å². The molecular formula is C25H26F4N4O2. The highest BCUT2D eigenvalue weighted by atomic mass is 19.4. The zero-order valence-electron chi connectivity index (χ0n) is 19.8. The van der Waals surface area contributed by atoms with Gasteiger partial charge in [0.05, 0.1) is 23.2 Å². The molecule has 4 rings (SSSR count). The van der Waals surface area contributed by atoms with Crippen LogP contribution >= 0.6 is 0 Å². The second kappa shape index (κ2) is 9.31. The molecule has 0 saturated carbocycles. The number of likely N-dealkylation sites (N-methyl/N-ethyl adjacent to an activating group) is 1. The Labute approximate surface area is 200 Å². The van der Waals surface area contributed by atoms with Gasteiger partial charge in [-0.25, -0.2) is 14.4 Å². The summed E-state index contributed by atoms with van der Waals surface area (Å²) in [6.45, 7) is 5.48. The highest BCUT2D eigenvalue weighted by molar-refractivity contribution is 5.91. The molecule has 1 fully saturated rings. The van der Waals surface area contributed by atoms with Gasteiger partial charge in [-0.05, 0) is 51.0 Å². The van der Waals surface area contributed by atoms with E-state index in [1.54, 1.807) is 31.9 Å². The average Bonchev–Trinajstić information content (AvgIpc) is 3.09. The topological polar surface area (TPSA) is 67.4 Å². The van der Waals surface area contributed by atoms with E-state index in [1.165, 1.54) is 12.1 Å². The van der Waals surface area contributed by atoms with Crippen molar-refractivity contribution in [3.05, 3.63) is 58.7 Å². The Morgan fingerprint density at radius 3 is 2.63 bits per heavy atom. The highest BCUT2D eigenvalue weighted by Crippen LogP contribution is 2.36. The van der Waals surface area contributed by atoms with E-state index < -0.39 is 23.6 Å². The lowest BCUT2D eigenvalue weighted by Crippen LogP contribution is -2.33. The Morgan fingerprint density at radius 1 is 1.23 bits per heavy atom. The fraction of sp³-hybridized carbons (Fsp3) is 0.400. The lowest BCUT2D eigenvalue weighted by Gasteiger charge is -2.22. The number of alkyl halides is 3. The van der Waals surface area contributed by atoms with Crippen LogP contribution < -0.4 is 10.1 Å². The predicted octanol–water partition coefficient (Wildman–Crippen LogP) is 5.58. The summed E-state index contributed by atoms with van der Waals surface area (Å²) in [6, 6.07) is 5.99. The third kappa shape index (κ3) is 5.01. The first-order valence-corrected chi connectivity index (χ1v) is 11.2. The molecule has 1 aliphatic heterocycles. The molecule has 186 valence electrons. The van der Waals surface area contributed by atoms with Gasteiger partial charge >= 0.3 is 6.18 Å². The van der Waals surface area contributed by atoms with Crippen LogP contribution in [0.5, 0.6) is 5.75 Å². The second-order valence-corrected chi connectivity index (χ2v) is 8.83. The first kappa shape index (κ1) is 24.7. The number of anilines is 1. The molecule has 6 nitrogen and oxygen atoms in total. The van der Waals surface area contributed by atoms with E-state index in [1.807, 2.05) is 13.0 Å². The van der Waals surface area contributed by atoms with Crippen molar-refractivity contribution in [3.8, 4) is 5.75 Å². The summed E-state index contributed by atoms with van der Waals surface area (Å²) in [6.07, 6.45) is -3.58. The van der Waals surface area contributed by atoms with Crippen LogP contribution in [0.1, 0.15) is 48.3 Å². The number of nitrogens with zero attached hydrogens (tertiary/aromatic N) is 3. The number of fused-ring (bicyclic) bond motifs is 1. The number of carbonyl (C=O) groups is 1. The number of nitrogens with one attached hydrogen (secondary N) is 1. The number of hydrogen-bond acceptors (Lipinski definition) is 5. The fourth-order valence-corrected chi connectivity index (χ4v) is 4.27. The summed E-state index contributed by atoms with van der Waals surface area (Å²) >= 11 is 0. The molecule has 0 unspecified atom stereocenters. The van der Waals surface area contributed by atoms with Gasteiger partial charge in [-0.15, -0.1) is 0 Å². The van der Waals surface area contributed by atoms with Gasteiger partial charge in [-0.3, -0.25) is 4.79 Å². The van der Waals surface area contributed by atoms with Crippen LogP contribution in [0.2, 0.25) is 0 Å². The quantitative estimate of drug-likeness (QED) is 0.457. The largest absolute Gasteiger partial charge is 0.491 e. The number of benzene rings is 2. The zero-order valence-corrected chi connectivity index (χ0v) is 19.8. The van der Waals surface area contributed by atoms with Crippen LogP contribution in [-0.2, 0) is 11.0 Å². The Morgan fingerprint density at radius 2 is 1.97 bits per heavy atom. The number of rotatable bonds is 6. The average molecular weight is 491 g/mol. The molecule has 1 aromatic heterocycles. The maximum Gasteiger partial charge on any atom is 0.419 e. The van der Waals surface area contributed by atoms with Gasteiger partial charge in [0.2, 0.25) is 5.91 Å². The number of aryl methyl sites for hydroxylation is 2. The van der Waals surface area contributed by atoms with E-state index in [4.69, 9.17) is 4.74 Å². The van der Waals surface area contributed by atoms with Crippen LogP contribution in [0.15, 0.2) is 30.3 Å². The summed E-state index contributed by atoms with van der Waals surface area (Å²) in [5.74, 6) is 0.162. The summed E-state index contributed by atoms with van der Waals surface area (Å²) in [7, 11) is 1.75. The van der Waals surface area contributed by atoms with Crippen LogP contribution in [0, 0.1) is 19.7 Å².